The van der Waals surface area contributed by atoms with Crippen LogP contribution in [-0.2, 0) is 4.79 Å². The smallest absolute Gasteiger partial charge is 0.229 e. The van der Waals surface area contributed by atoms with Crippen LogP contribution in [0.15, 0.2) is 28.2 Å². The predicted molar refractivity (Wildman–Crippen MR) is 90.0 cm³/mol. The molecule has 2 fully saturated rings. The summed E-state index contributed by atoms with van der Waals surface area (Å²) in [4.78, 5) is 16.8. The van der Waals surface area contributed by atoms with Crippen molar-refractivity contribution in [1.82, 2.24) is 4.98 Å². The zero-order chi connectivity index (χ0) is 15.9. The number of carbonyl (C=O) groups is 1. The van der Waals surface area contributed by atoms with E-state index in [-0.39, 0.29) is 11.8 Å². The highest BCUT2D eigenvalue weighted by Gasteiger charge is 2.48. The summed E-state index contributed by atoms with van der Waals surface area (Å²) in [7, 11) is 0. The van der Waals surface area contributed by atoms with Crippen LogP contribution in [-0.4, -0.2) is 16.9 Å². The summed E-state index contributed by atoms with van der Waals surface area (Å²) >= 11 is 1.44. The largest absolute Gasteiger partial charge is 0.463 e. The van der Waals surface area contributed by atoms with Gasteiger partial charge in [-0.25, -0.2) is 4.98 Å². The number of rotatable bonds is 3. The van der Waals surface area contributed by atoms with Crippen LogP contribution < -0.4 is 11.1 Å². The number of hydrogen-bond donors (Lipinski definition) is 2. The Bertz CT molecular complexity index is 679. The lowest BCUT2D eigenvalue weighted by Crippen LogP contribution is -2.46. The molecule has 0 bridgehead atoms. The van der Waals surface area contributed by atoms with E-state index in [2.05, 4.69) is 10.3 Å². The van der Waals surface area contributed by atoms with Gasteiger partial charge in [-0.05, 0) is 56.1 Å². The molecule has 2 heterocycles. The van der Waals surface area contributed by atoms with Gasteiger partial charge < -0.3 is 15.5 Å². The number of nitrogens with two attached hydrogens (primary N) is 1. The molecule has 122 valence electrons. The summed E-state index contributed by atoms with van der Waals surface area (Å²) in [6, 6.07) is 4.06. The second kappa shape index (κ2) is 5.76. The van der Waals surface area contributed by atoms with Crippen molar-refractivity contribution in [3.63, 3.8) is 0 Å². The van der Waals surface area contributed by atoms with Crippen LogP contribution in [0.3, 0.4) is 0 Å². The second-order valence-electron chi connectivity index (χ2n) is 6.95. The standard InChI is InChI=1S/C17H21N3O2S/c18-12-3-5-17(6-4-12)8-11(9-17)15(21)20-16-19-13(10-23-16)14-2-1-7-22-14/h1-2,7,10-12H,3-6,8-9,18H2,(H,19,20,21). The van der Waals surface area contributed by atoms with E-state index in [9.17, 15) is 4.79 Å². The Labute approximate surface area is 139 Å². The van der Waals surface area contributed by atoms with Crippen molar-refractivity contribution in [2.75, 3.05) is 5.32 Å². The highest BCUT2D eigenvalue weighted by molar-refractivity contribution is 7.14. The molecule has 2 saturated carbocycles. The average Bonchev–Trinajstić information content (AvgIpc) is 3.16. The first-order chi connectivity index (χ1) is 11.1. The van der Waals surface area contributed by atoms with Crippen molar-refractivity contribution in [1.29, 1.82) is 0 Å². The molecule has 2 aromatic heterocycles. The summed E-state index contributed by atoms with van der Waals surface area (Å²) in [6.45, 7) is 0. The number of aromatic nitrogens is 1. The Kier molecular flexibility index (Phi) is 3.73. The summed E-state index contributed by atoms with van der Waals surface area (Å²) in [6.07, 6.45) is 8.19. The van der Waals surface area contributed by atoms with Crippen molar-refractivity contribution in [3.05, 3.63) is 23.8 Å². The number of furan rings is 1. The van der Waals surface area contributed by atoms with Gasteiger partial charge in [0.1, 0.15) is 5.69 Å². The number of thiazole rings is 1. The first-order valence-corrected chi connectivity index (χ1v) is 9.07. The van der Waals surface area contributed by atoms with Crippen molar-refractivity contribution >= 4 is 22.4 Å². The normalized spacial score (nSPS) is 30.1. The molecule has 3 N–H and O–H groups in total. The van der Waals surface area contributed by atoms with Gasteiger partial charge in [-0.1, -0.05) is 0 Å². The van der Waals surface area contributed by atoms with Crippen molar-refractivity contribution < 1.29 is 9.21 Å². The fraction of sp³-hybridized carbons (Fsp3) is 0.529. The molecule has 0 atom stereocenters. The van der Waals surface area contributed by atoms with Crippen LogP contribution in [0.1, 0.15) is 38.5 Å². The topological polar surface area (TPSA) is 81.2 Å². The molecule has 0 aromatic carbocycles. The van der Waals surface area contributed by atoms with Gasteiger partial charge in [0.2, 0.25) is 5.91 Å². The average molecular weight is 331 g/mol. The van der Waals surface area contributed by atoms with Gasteiger partial charge in [-0.3, -0.25) is 4.79 Å². The lowest BCUT2D eigenvalue weighted by Gasteiger charge is -2.50. The molecule has 1 amide bonds. The lowest BCUT2D eigenvalue weighted by atomic mass is 9.55. The Morgan fingerprint density at radius 1 is 1.39 bits per heavy atom. The predicted octanol–water partition coefficient (Wildman–Crippen LogP) is 3.64. The van der Waals surface area contributed by atoms with Crippen LogP contribution in [0.2, 0.25) is 0 Å². The Balaban J connectivity index is 1.33. The van der Waals surface area contributed by atoms with E-state index in [1.54, 1.807) is 6.26 Å². The van der Waals surface area contributed by atoms with Crippen LogP contribution in [0, 0.1) is 11.3 Å². The van der Waals surface area contributed by atoms with Gasteiger partial charge in [0, 0.05) is 17.3 Å². The Hall–Kier alpha value is -1.66. The van der Waals surface area contributed by atoms with Crippen LogP contribution >= 0.6 is 11.3 Å². The lowest BCUT2D eigenvalue weighted by molar-refractivity contribution is -0.128. The Morgan fingerprint density at radius 3 is 2.87 bits per heavy atom. The Morgan fingerprint density at radius 2 is 2.17 bits per heavy atom. The molecule has 0 aliphatic heterocycles. The maximum Gasteiger partial charge on any atom is 0.229 e. The molecule has 6 heteroatoms. The molecule has 2 aliphatic rings. The minimum absolute atomic E-state index is 0.103. The molecule has 4 rings (SSSR count). The summed E-state index contributed by atoms with van der Waals surface area (Å²) in [5.74, 6) is 0.953. The number of nitrogens with zero attached hydrogens (tertiary/aromatic N) is 1. The fourth-order valence-electron chi connectivity index (χ4n) is 3.91. The molecular weight excluding hydrogens is 310 g/mol. The molecule has 5 nitrogen and oxygen atoms in total. The molecule has 0 unspecified atom stereocenters. The van der Waals surface area contributed by atoms with E-state index in [0.29, 0.717) is 16.6 Å². The van der Waals surface area contributed by atoms with E-state index in [1.165, 1.54) is 24.2 Å². The summed E-state index contributed by atoms with van der Waals surface area (Å²) in [5, 5.41) is 5.51. The number of hydrogen-bond acceptors (Lipinski definition) is 5. The second-order valence-corrected chi connectivity index (χ2v) is 7.81. The third-order valence-corrected chi connectivity index (χ3v) is 6.09. The van der Waals surface area contributed by atoms with Gasteiger partial charge in [0.15, 0.2) is 10.9 Å². The van der Waals surface area contributed by atoms with Gasteiger partial charge >= 0.3 is 0 Å². The zero-order valence-corrected chi connectivity index (χ0v) is 13.8. The maximum absolute atomic E-state index is 12.4. The molecule has 0 radical (unpaired) electrons. The minimum Gasteiger partial charge on any atom is -0.463 e. The molecule has 1 spiro atoms. The summed E-state index contributed by atoms with van der Waals surface area (Å²) < 4.78 is 5.32. The molecule has 0 saturated heterocycles. The van der Waals surface area contributed by atoms with Gasteiger partial charge in [0.05, 0.1) is 6.26 Å². The van der Waals surface area contributed by atoms with Crippen LogP contribution in [0.25, 0.3) is 11.5 Å². The monoisotopic (exact) mass is 331 g/mol. The maximum atomic E-state index is 12.4. The highest BCUT2D eigenvalue weighted by Crippen LogP contribution is 2.54. The molecule has 23 heavy (non-hydrogen) atoms. The first kappa shape index (κ1) is 14.9. The van der Waals surface area contributed by atoms with Crippen molar-refractivity contribution in [2.24, 2.45) is 17.1 Å². The van der Waals surface area contributed by atoms with Crippen molar-refractivity contribution in [3.8, 4) is 11.5 Å². The van der Waals surface area contributed by atoms with Gasteiger partial charge in [0.25, 0.3) is 0 Å². The van der Waals surface area contributed by atoms with Crippen LogP contribution in [0.4, 0.5) is 5.13 Å². The molecule has 2 aromatic rings. The number of amides is 1. The van der Waals surface area contributed by atoms with E-state index < -0.39 is 0 Å². The first-order valence-electron chi connectivity index (χ1n) is 8.19. The SMILES string of the molecule is NC1CCC2(CC1)CC(C(=O)Nc1nc(-c3ccco3)cs1)C2. The zero-order valence-electron chi connectivity index (χ0n) is 13.0. The van der Waals surface area contributed by atoms with Gasteiger partial charge in [-0.2, -0.15) is 0 Å². The molecule has 2 aliphatic carbocycles. The third kappa shape index (κ3) is 2.93. The van der Waals surface area contributed by atoms with Crippen LogP contribution in [0.5, 0.6) is 0 Å². The van der Waals surface area contributed by atoms with E-state index >= 15 is 0 Å². The quantitative estimate of drug-likeness (QED) is 0.899. The number of anilines is 1. The fourth-order valence-corrected chi connectivity index (χ4v) is 4.61. The van der Waals surface area contributed by atoms with Gasteiger partial charge in [-0.15, -0.1) is 11.3 Å². The highest BCUT2D eigenvalue weighted by atomic mass is 32.1. The van der Waals surface area contributed by atoms with E-state index in [4.69, 9.17) is 10.2 Å². The molecular formula is C17H21N3O2S. The number of nitrogens with one attached hydrogen (secondary N) is 1. The van der Waals surface area contributed by atoms with E-state index in [1.807, 2.05) is 17.5 Å². The van der Waals surface area contributed by atoms with E-state index in [0.717, 1.165) is 37.1 Å². The van der Waals surface area contributed by atoms with Crippen molar-refractivity contribution in [2.45, 2.75) is 44.6 Å². The number of carbonyl (C=O) groups excluding carboxylic acids is 1. The third-order valence-electron chi connectivity index (χ3n) is 5.33. The minimum atomic E-state index is 0.103. The summed E-state index contributed by atoms with van der Waals surface area (Å²) in [5.41, 5.74) is 7.13.